The molecule has 2 unspecified atom stereocenters. The van der Waals surface area contributed by atoms with E-state index in [0.717, 1.165) is 17.8 Å². The Labute approximate surface area is 129 Å². The summed E-state index contributed by atoms with van der Waals surface area (Å²) >= 11 is 0. The van der Waals surface area contributed by atoms with Crippen LogP contribution in [-0.2, 0) is 9.59 Å². The first-order chi connectivity index (χ1) is 10.6. The number of rotatable bonds is 3. The van der Waals surface area contributed by atoms with Crippen LogP contribution in [-0.4, -0.2) is 55.1 Å². The molecule has 6 nitrogen and oxygen atoms in total. The van der Waals surface area contributed by atoms with Crippen LogP contribution in [0.4, 0.5) is 5.69 Å². The van der Waals surface area contributed by atoms with Gasteiger partial charge in [0, 0.05) is 38.4 Å². The van der Waals surface area contributed by atoms with Crippen molar-refractivity contribution in [3.63, 3.8) is 0 Å². The first kappa shape index (κ1) is 14.8. The maximum absolute atomic E-state index is 11.9. The normalized spacial score (nSPS) is 25.6. The van der Waals surface area contributed by atoms with Crippen molar-refractivity contribution in [2.45, 2.75) is 12.5 Å². The Balaban J connectivity index is 1.82. The van der Waals surface area contributed by atoms with E-state index >= 15 is 0 Å². The molecule has 0 saturated carbocycles. The summed E-state index contributed by atoms with van der Waals surface area (Å²) in [6.45, 7) is 2.38. The number of piperazine rings is 1. The summed E-state index contributed by atoms with van der Waals surface area (Å²) in [5, 5.41) is 12.5. The Bertz CT molecular complexity index is 590. The first-order valence-corrected chi connectivity index (χ1v) is 7.60. The Kier molecular flexibility index (Phi) is 4.02. The summed E-state index contributed by atoms with van der Waals surface area (Å²) in [4.78, 5) is 26.9. The minimum atomic E-state index is -0.748. The molecule has 0 aliphatic carbocycles. The van der Waals surface area contributed by atoms with Crippen LogP contribution in [0.2, 0.25) is 0 Å². The van der Waals surface area contributed by atoms with Crippen LogP contribution >= 0.6 is 0 Å². The lowest BCUT2D eigenvalue weighted by atomic mass is 9.98. The van der Waals surface area contributed by atoms with Crippen molar-refractivity contribution in [2.24, 2.45) is 5.92 Å². The molecule has 0 radical (unpaired) electrons. The highest BCUT2D eigenvalue weighted by Gasteiger charge is 2.32. The zero-order chi connectivity index (χ0) is 15.7. The van der Waals surface area contributed by atoms with Crippen molar-refractivity contribution >= 4 is 17.6 Å². The number of carboxylic acid groups (broad SMARTS) is 1. The number of carbonyl (C=O) groups excluding carboxylic acids is 1. The summed E-state index contributed by atoms with van der Waals surface area (Å²) in [5.41, 5.74) is 2.12. The number of benzene rings is 1. The summed E-state index contributed by atoms with van der Waals surface area (Å²) in [6, 6.07) is 8.01. The molecular formula is C16H21N3O3. The number of carboxylic acids is 1. The van der Waals surface area contributed by atoms with Crippen molar-refractivity contribution in [1.29, 1.82) is 0 Å². The van der Waals surface area contributed by atoms with Crippen LogP contribution in [0.25, 0.3) is 0 Å². The molecule has 118 valence electrons. The molecule has 1 aromatic rings. The molecule has 0 aromatic heterocycles. The molecule has 2 aliphatic heterocycles. The zero-order valence-corrected chi connectivity index (χ0v) is 12.7. The molecule has 2 atom stereocenters. The number of nitrogens with one attached hydrogen (secondary N) is 1. The van der Waals surface area contributed by atoms with Gasteiger partial charge in [-0.2, -0.15) is 0 Å². The van der Waals surface area contributed by atoms with E-state index in [4.69, 9.17) is 5.11 Å². The van der Waals surface area contributed by atoms with Crippen LogP contribution in [0.15, 0.2) is 24.3 Å². The average Bonchev–Trinajstić information content (AvgIpc) is 3.00. The van der Waals surface area contributed by atoms with Gasteiger partial charge >= 0.3 is 5.97 Å². The summed E-state index contributed by atoms with van der Waals surface area (Å²) in [6.07, 6.45) is 0.591. The summed E-state index contributed by atoms with van der Waals surface area (Å²) in [7, 11) is 1.82. The second-order valence-corrected chi connectivity index (χ2v) is 6.03. The molecule has 2 saturated heterocycles. The van der Waals surface area contributed by atoms with E-state index in [1.165, 1.54) is 0 Å². The van der Waals surface area contributed by atoms with Gasteiger partial charge in [0.05, 0.1) is 12.5 Å². The number of carbonyl (C=O) groups is 2. The Morgan fingerprint density at radius 2 is 2.09 bits per heavy atom. The SMILES string of the molecule is CN1CCN(c2ccccc2C2CC(C(=O)O)CN2)CC1=O. The molecular weight excluding hydrogens is 282 g/mol. The fourth-order valence-electron chi connectivity index (χ4n) is 3.20. The van der Waals surface area contributed by atoms with Gasteiger partial charge in [-0.25, -0.2) is 0 Å². The van der Waals surface area contributed by atoms with Gasteiger partial charge in [-0.05, 0) is 18.1 Å². The van der Waals surface area contributed by atoms with Gasteiger partial charge in [-0.1, -0.05) is 18.2 Å². The Hall–Kier alpha value is -2.08. The molecule has 0 bridgehead atoms. The van der Waals surface area contributed by atoms with Gasteiger partial charge in [0.25, 0.3) is 0 Å². The van der Waals surface area contributed by atoms with Gasteiger partial charge in [-0.3, -0.25) is 9.59 Å². The topological polar surface area (TPSA) is 72.9 Å². The van der Waals surface area contributed by atoms with Crippen LogP contribution in [0, 0.1) is 5.92 Å². The standard InChI is InChI=1S/C16H21N3O3/c1-18-6-7-19(10-15(18)20)14-5-3-2-4-12(14)13-8-11(9-17-13)16(21)22/h2-5,11,13,17H,6-10H2,1H3,(H,21,22). The second-order valence-electron chi connectivity index (χ2n) is 6.03. The van der Waals surface area contributed by atoms with Crippen molar-refractivity contribution < 1.29 is 14.7 Å². The van der Waals surface area contributed by atoms with E-state index < -0.39 is 5.97 Å². The molecule has 2 aliphatic rings. The number of aliphatic carboxylic acids is 1. The van der Waals surface area contributed by atoms with Gasteiger partial charge in [0.1, 0.15) is 0 Å². The van der Waals surface area contributed by atoms with Crippen molar-refractivity contribution in [1.82, 2.24) is 10.2 Å². The lowest BCUT2D eigenvalue weighted by Gasteiger charge is -2.35. The van der Waals surface area contributed by atoms with E-state index in [2.05, 4.69) is 10.2 Å². The van der Waals surface area contributed by atoms with E-state index in [-0.39, 0.29) is 17.9 Å². The molecule has 2 N–H and O–H groups in total. The molecule has 1 amide bonds. The van der Waals surface area contributed by atoms with E-state index in [1.807, 2.05) is 31.3 Å². The molecule has 1 aromatic carbocycles. The summed E-state index contributed by atoms with van der Waals surface area (Å²) < 4.78 is 0. The van der Waals surface area contributed by atoms with E-state index in [0.29, 0.717) is 26.1 Å². The Morgan fingerprint density at radius 3 is 2.77 bits per heavy atom. The fraction of sp³-hybridized carbons (Fsp3) is 0.500. The summed E-state index contributed by atoms with van der Waals surface area (Å²) in [5.74, 6) is -0.974. The second kappa shape index (κ2) is 5.96. The number of hydrogen-bond donors (Lipinski definition) is 2. The van der Waals surface area contributed by atoms with Gasteiger partial charge < -0.3 is 20.2 Å². The fourth-order valence-corrected chi connectivity index (χ4v) is 3.20. The molecule has 2 heterocycles. The van der Waals surface area contributed by atoms with E-state index in [1.54, 1.807) is 4.90 Å². The Morgan fingerprint density at radius 1 is 1.32 bits per heavy atom. The molecule has 0 spiro atoms. The highest BCUT2D eigenvalue weighted by Crippen LogP contribution is 2.34. The van der Waals surface area contributed by atoms with Crippen molar-refractivity contribution in [2.75, 3.05) is 38.1 Å². The van der Waals surface area contributed by atoms with Gasteiger partial charge in [0.2, 0.25) is 5.91 Å². The molecule has 6 heteroatoms. The van der Waals surface area contributed by atoms with Gasteiger partial charge in [0.15, 0.2) is 0 Å². The predicted molar refractivity (Wildman–Crippen MR) is 82.8 cm³/mol. The average molecular weight is 303 g/mol. The highest BCUT2D eigenvalue weighted by molar-refractivity contribution is 5.83. The number of hydrogen-bond acceptors (Lipinski definition) is 4. The monoisotopic (exact) mass is 303 g/mol. The predicted octanol–water partition coefficient (Wildman–Crippen LogP) is 0.700. The minimum Gasteiger partial charge on any atom is -0.481 e. The third-order valence-electron chi connectivity index (χ3n) is 4.59. The van der Waals surface area contributed by atoms with Crippen LogP contribution < -0.4 is 10.2 Å². The number of anilines is 1. The third-order valence-corrected chi connectivity index (χ3v) is 4.59. The van der Waals surface area contributed by atoms with Crippen LogP contribution in [0.1, 0.15) is 18.0 Å². The maximum Gasteiger partial charge on any atom is 0.307 e. The van der Waals surface area contributed by atoms with Crippen LogP contribution in [0.5, 0.6) is 0 Å². The van der Waals surface area contributed by atoms with E-state index in [9.17, 15) is 9.59 Å². The largest absolute Gasteiger partial charge is 0.481 e. The highest BCUT2D eigenvalue weighted by atomic mass is 16.4. The lowest BCUT2D eigenvalue weighted by molar-refractivity contribution is -0.141. The molecule has 3 rings (SSSR count). The van der Waals surface area contributed by atoms with Gasteiger partial charge in [-0.15, -0.1) is 0 Å². The first-order valence-electron chi connectivity index (χ1n) is 7.60. The maximum atomic E-state index is 11.9. The van der Waals surface area contributed by atoms with Crippen LogP contribution in [0.3, 0.4) is 0 Å². The number of likely N-dealkylation sites (N-methyl/N-ethyl adjacent to an activating group) is 1. The molecule has 2 fully saturated rings. The number of amides is 1. The number of nitrogens with zero attached hydrogens (tertiary/aromatic N) is 2. The molecule has 22 heavy (non-hydrogen) atoms. The zero-order valence-electron chi connectivity index (χ0n) is 12.7. The minimum absolute atomic E-state index is 0.0343. The third kappa shape index (κ3) is 2.78. The van der Waals surface area contributed by atoms with Crippen molar-refractivity contribution in [3.05, 3.63) is 29.8 Å². The lowest BCUT2D eigenvalue weighted by Crippen LogP contribution is -2.49. The quantitative estimate of drug-likeness (QED) is 0.860. The van der Waals surface area contributed by atoms with Crippen molar-refractivity contribution in [3.8, 4) is 0 Å². The number of para-hydroxylation sites is 1. The smallest absolute Gasteiger partial charge is 0.307 e.